The molecule has 3 aliphatic carbocycles. The van der Waals surface area contributed by atoms with Crippen molar-refractivity contribution in [2.24, 2.45) is 0 Å². The average molecular weight is 2100 g/mol. The molecular formula is C108H102Br3N11O19. The normalized spacial score (nSPS) is 20.2. The lowest BCUT2D eigenvalue weighted by atomic mass is 9.69. The van der Waals surface area contributed by atoms with E-state index in [9.17, 15) is 72.9 Å². The number of nitrogens with zero attached hydrogens (tertiary/aromatic N) is 8. The van der Waals surface area contributed by atoms with Crippen molar-refractivity contribution >= 4 is 130 Å². The number of halogens is 3. The monoisotopic (exact) mass is 2090 g/mol. The van der Waals surface area contributed by atoms with Crippen LogP contribution in [0.5, 0.6) is 52.0 Å². The Morgan fingerprint density at radius 1 is 0.362 bits per heavy atom. The van der Waals surface area contributed by atoms with Crippen LogP contribution < -0.4 is 44.7 Å². The molecule has 0 spiro atoms. The first kappa shape index (κ1) is 98.5. The van der Waals surface area contributed by atoms with Crippen molar-refractivity contribution in [2.45, 2.75) is 112 Å². The number of imide groups is 5. The van der Waals surface area contributed by atoms with Gasteiger partial charge in [0.15, 0.2) is 5.78 Å². The van der Waals surface area contributed by atoms with Crippen molar-refractivity contribution in [3.8, 4) is 52.0 Å². The molecule has 7 aliphatic heterocycles. The molecule has 6 N–H and O–H groups in total. The lowest BCUT2D eigenvalue weighted by Crippen LogP contribution is -2.54. The Hall–Kier alpha value is -14.1. The third kappa shape index (κ3) is 22.5. The second kappa shape index (κ2) is 45.0. The van der Waals surface area contributed by atoms with Crippen LogP contribution >= 0.6 is 47.8 Å². The van der Waals surface area contributed by atoms with E-state index in [4.69, 9.17) is 18.9 Å². The zero-order valence-electron chi connectivity index (χ0n) is 76.8. The number of nitrogens with one attached hydrogen (secondary N) is 3. The van der Waals surface area contributed by atoms with Gasteiger partial charge in [-0.2, -0.15) is 0 Å². The molecule has 1 saturated carbocycles. The molecule has 30 nitrogen and oxygen atoms in total. The number of phenols is 3. The van der Waals surface area contributed by atoms with Gasteiger partial charge < -0.3 is 49.4 Å². The van der Waals surface area contributed by atoms with Crippen molar-refractivity contribution in [1.82, 2.24) is 45.5 Å². The number of piperidine rings is 2. The third-order valence-corrected chi connectivity index (χ3v) is 29.0. The number of fused-ring (bicyclic) bond motifs is 5. The van der Waals surface area contributed by atoms with Crippen LogP contribution in [0, 0.1) is 0 Å². The first-order valence-electron chi connectivity index (χ1n) is 47.0. The number of piperazine rings is 2. The van der Waals surface area contributed by atoms with Crippen molar-refractivity contribution in [2.75, 3.05) is 97.9 Å². The Labute approximate surface area is 838 Å². The molecular weight excluding hydrogens is 1990 g/mol. The van der Waals surface area contributed by atoms with Gasteiger partial charge in [0.2, 0.25) is 35.4 Å². The fraction of sp³-hybridized carbons (Fsp3) is 0.296. The highest BCUT2D eigenvalue weighted by atomic mass is 79.9. The summed E-state index contributed by atoms with van der Waals surface area (Å²) in [6.07, 6.45) is 8.26. The van der Waals surface area contributed by atoms with Gasteiger partial charge in [-0.3, -0.25) is 87.8 Å². The molecule has 11 aromatic rings. The molecule has 7 atom stereocenters. The predicted molar refractivity (Wildman–Crippen MR) is 535 cm³/mol. The summed E-state index contributed by atoms with van der Waals surface area (Å²) in [7, 11) is 0. The fourth-order valence-corrected chi connectivity index (χ4v) is 20.0. The van der Waals surface area contributed by atoms with Gasteiger partial charge in [-0.15, -0.1) is 0 Å². The lowest BCUT2D eigenvalue weighted by molar-refractivity contribution is -0.137. The standard InChI is InChI=1S/C47H44N4O7.C31H31N3O2.C15H13BrN2O5.C13H10N2O5.C2H4Br2/c52-34-10-16-39-32(26-34)8-15-38(30-4-2-1-3-5-30)45(39)31-6-12-36(13-7-31)58-44-19-9-33(29-48-44)50-22-20-49(21-23-50)24-25-57-37-14-17-40-41(28-37)47(56)51(46(40)55)42-18-11-35(53)27-43(42)54;35-26-10-14-29-24(20-26)8-13-28(22-4-2-1-3-5-22)31(29)23-6-11-27(12-7-23)36-30-15-9-25(21-33-30)34-18-16-32-17-19-34;16-5-6-23-8-1-2-9-10(7-8)15(22)18(14(9)21)11-3-4-12(19)17-13(11)20;16-6-1-2-7-8(5-6)13(20)15(12(7)19)9-3-4-10(17)14-11(9)18;3-1-2-4/h1-7,9-10,12-14,16-17,19,26,28-29,38,42,45,52H,8,11,15,18,20-25,27H2;1-7,9-12,14-15,20-21,28,31-32,35H,8,13,16-19H2;1-2,7,11H,3-6H2,(H,17,19,20);1-2,5,9,16H,3-4H2,(H,14,17,18);1-2H2/t38-,42?,45?;28?,31-;;;/m10.../s1. The first-order valence-corrected chi connectivity index (χ1v) is 50.4. The second-order valence-electron chi connectivity index (χ2n) is 35.5. The summed E-state index contributed by atoms with van der Waals surface area (Å²) < 4.78 is 23.7. The minimum absolute atomic E-state index is 0.0692. The molecule has 10 aliphatic rings. The van der Waals surface area contributed by atoms with Gasteiger partial charge in [-0.05, 0) is 217 Å². The van der Waals surface area contributed by atoms with Crippen LogP contribution in [0.4, 0.5) is 11.4 Å². The maximum Gasteiger partial charge on any atom is 0.262 e. The minimum atomic E-state index is -0.984. The Bertz CT molecular complexity index is 6550. The number of rotatable bonds is 21. The Kier molecular flexibility index (Phi) is 31.4. The molecule has 33 heteroatoms. The number of hydrogen-bond donors (Lipinski definition) is 6. The number of alkyl halides is 3. The number of ketones is 2. The summed E-state index contributed by atoms with van der Waals surface area (Å²) >= 11 is 9.64. The zero-order valence-corrected chi connectivity index (χ0v) is 81.6. The van der Waals surface area contributed by atoms with E-state index >= 15 is 0 Å². The van der Waals surface area contributed by atoms with E-state index in [0.717, 1.165) is 126 Å². The smallest absolute Gasteiger partial charge is 0.262 e. The van der Waals surface area contributed by atoms with Crippen molar-refractivity contribution in [1.29, 1.82) is 0 Å². The van der Waals surface area contributed by atoms with Crippen LogP contribution in [0.3, 0.4) is 0 Å². The molecule has 9 aromatic carbocycles. The molecule has 141 heavy (non-hydrogen) atoms. The van der Waals surface area contributed by atoms with E-state index in [1.807, 2.05) is 73.1 Å². The van der Waals surface area contributed by atoms with Crippen LogP contribution in [0.25, 0.3) is 0 Å². The number of amides is 10. The zero-order chi connectivity index (χ0) is 98.5. The third-order valence-electron chi connectivity index (χ3n) is 26.8. The highest BCUT2D eigenvalue weighted by Gasteiger charge is 2.49. The molecule has 2 aromatic heterocycles. The maximum atomic E-state index is 13.2. The Morgan fingerprint density at radius 2 is 0.766 bits per heavy atom. The Balaban J connectivity index is 0.000000140. The van der Waals surface area contributed by atoms with Crippen molar-refractivity contribution in [3.05, 3.63) is 315 Å². The largest absolute Gasteiger partial charge is 0.508 e. The second-order valence-corrected chi connectivity index (χ2v) is 37.8. The molecule has 5 fully saturated rings. The fourth-order valence-electron chi connectivity index (χ4n) is 19.9. The van der Waals surface area contributed by atoms with E-state index in [2.05, 4.69) is 192 Å². The van der Waals surface area contributed by atoms with Crippen LogP contribution in [0.2, 0.25) is 0 Å². The lowest BCUT2D eigenvalue weighted by Gasteiger charge is -2.35. The number of ether oxygens (including phenoxy) is 4. The highest BCUT2D eigenvalue weighted by molar-refractivity contribution is 9.12. The van der Waals surface area contributed by atoms with E-state index in [-0.39, 0.29) is 107 Å². The molecule has 0 bridgehead atoms. The Morgan fingerprint density at radius 3 is 1.20 bits per heavy atom. The highest BCUT2D eigenvalue weighted by Crippen LogP contribution is 2.50. The van der Waals surface area contributed by atoms with E-state index in [0.29, 0.717) is 71.7 Å². The van der Waals surface area contributed by atoms with Gasteiger partial charge in [0.1, 0.15) is 64.7 Å². The maximum absolute atomic E-state index is 13.2. The van der Waals surface area contributed by atoms with Crippen LogP contribution in [0.1, 0.15) is 188 Å². The van der Waals surface area contributed by atoms with Gasteiger partial charge in [0, 0.05) is 118 Å². The number of aryl methyl sites for hydroxylation is 2. The number of hydrogen-bond acceptors (Lipinski definition) is 25. The first-order chi connectivity index (χ1) is 68.5. The summed E-state index contributed by atoms with van der Waals surface area (Å²) in [6, 6.07) is 68.3. The SMILES string of the molecule is BrCCBr.O=C1CCC(N2C(=O)c3ccc(O)cc3C2=O)C(=O)N1.O=C1CCC(N2C(=O)c3ccc(OCCBr)cc3C2=O)C(=O)N1.O=C1CCC(N2C(=O)c3ccc(OCCN4CCN(c5ccc(Oc6ccc(C7c8ccc(O)cc8CC[C@@H]7c7ccccc7)cc6)nc5)CC4)cc3C2=O)C(=O)C1.Oc1ccc2c(c1)CCC(c1ccccc1)[C@@H]2c1ccc(Oc2ccc(N3CCNCC3)cn2)cc1. The number of carbonyl (C=O) groups is 12. The number of pyridine rings is 2. The summed E-state index contributed by atoms with van der Waals surface area (Å²) in [5, 5.41) is 40.0. The van der Waals surface area contributed by atoms with E-state index in [1.165, 1.54) is 74.8 Å². The topological polar surface area (TPSA) is 384 Å². The molecule has 5 unspecified atom stereocenters. The van der Waals surface area contributed by atoms with Gasteiger partial charge in [0.25, 0.3) is 35.4 Å². The average Bonchev–Trinajstić information content (AvgIpc) is 1.62. The molecule has 4 saturated heterocycles. The molecule has 0 radical (unpaired) electrons. The summed E-state index contributed by atoms with van der Waals surface area (Å²) in [5.74, 6) is -0.701. The van der Waals surface area contributed by atoms with E-state index < -0.39 is 77.2 Å². The number of aromatic nitrogens is 2. The number of phenolic OH excluding ortho intramolecular Hbond substituents is 3. The van der Waals surface area contributed by atoms with Crippen molar-refractivity contribution in [3.63, 3.8) is 0 Å². The minimum Gasteiger partial charge on any atom is -0.508 e. The van der Waals surface area contributed by atoms with Crippen LogP contribution in [-0.4, -0.2) is 222 Å². The van der Waals surface area contributed by atoms with E-state index in [1.54, 1.807) is 30.3 Å². The number of benzene rings is 9. The van der Waals surface area contributed by atoms with Gasteiger partial charge in [0.05, 0.1) is 76.2 Å². The number of carbonyl (C=O) groups excluding carboxylic acids is 12. The van der Waals surface area contributed by atoms with Gasteiger partial charge in [-0.25, -0.2) is 9.97 Å². The number of anilines is 2. The number of aromatic hydroxyl groups is 3. The molecule has 724 valence electrons. The van der Waals surface area contributed by atoms with Gasteiger partial charge in [-0.1, -0.05) is 145 Å². The summed E-state index contributed by atoms with van der Waals surface area (Å²) in [6.45, 7) is 8.88. The van der Waals surface area contributed by atoms with Gasteiger partial charge >= 0.3 is 0 Å². The van der Waals surface area contributed by atoms with Crippen LogP contribution in [-0.2, 0) is 41.6 Å². The molecule has 10 amide bonds. The van der Waals surface area contributed by atoms with Crippen molar-refractivity contribution < 1.29 is 91.8 Å². The summed E-state index contributed by atoms with van der Waals surface area (Å²) in [5.41, 5.74) is 13.5. The summed E-state index contributed by atoms with van der Waals surface area (Å²) in [4.78, 5) is 165. The molecule has 9 heterocycles. The van der Waals surface area contributed by atoms with Crippen LogP contribution in [0.15, 0.2) is 237 Å². The quantitative estimate of drug-likeness (QED) is 0.0221. The number of Topliss-reactive ketones (excluding diaryl/α,β-unsaturated/α-hetero) is 2. The predicted octanol–water partition coefficient (Wildman–Crippen LogP) is 15.2. The molecule has 21 rings (SSSR count).